The zero-order valence-corrected chi connectivity index (χ0v) is 15.1. The molecule has 1 aromatic carbocycles. The minimum Gasteiger partial charge on any atom is -0.323 e. The van der Waals surface area contributed by atoms with Crippen molar-refractivity contribution in [1.29, 1.82) is 5.26 Å². The molecule has 0 radical (unpaired) electrons. The smallest absolute Gasteiger partial charge is 0.323 e. The molecule has 1 aliphatic heterocycles. The van der Waals surface area contributed by atoms with Gasteiger partial charge < -0.3 is 10.6 Å². The topological polar surface area (TPSA) is 102 Å². The van der Waals surface area contributed by atoms with E-state index in [2.05, 4.69) is 10.6 Å². The monoisotopic (exact) mass is 388 g/mol. The van der Waals surface area contributed by atoms with Gasteiger partial charge in [-0.2, -0.15) is 5.26 Å². The van der Waals surface area contributed by atoms with Crippen molar-refractivity contribution in [3.63, 3.8) is 0 Å². The molecular weight excluding hydrogens is 376 g/mol. The Morgan fingerprint density at radius 1 is 1.42 bits per heavy atom. The van der Waals surface area contributed by atoms with Gasteiger partial charge in [-0.25, -0.2) is 4.79 Å². The molecule has 7 nitrogen and oxygen atoms in total. The fraction of sp³-hybridized carbons (Fsp3) is 0.176. The second kappa shape index (κ2) is 6.78. The summed E-state index contributed by atoms with van der Waals surface area (Å²) in [6.45, 7) is 1.13. The van der Waals surface area contributed by atoms with Gasteiger partial charge in [0, 0.05) is 9.90 Å². The molecule has 2 heterocycles. The van der Waals surface area contributed by atoms with Gasteiger partial charge in [-0.1, -0.05) is 17.7 Å². The van der Waals surface area contributed by atoms with Gasteiger partial charge in [0.1, 0.15) is 12.6 Å². The SMILES string of the molecule is CC1(c2cccs2)NC(=O)N(CC(=O)Nc2cc(Cl)ccc2C#N)C1=O. The third kappa shape index (κ3) is 3.14. The van der Waals surface area contributed by atoms with Gasteiger partial charge in [-0.05, 0) is 36.6 Å². The van der Waals surface area contributed by atoms with Crippen molar-refractivity contribution in [2.24, 2.45) is 0 Å². The maximum absolute atomic E-state index is 12.7. The van der Waals surface area contributed by atoms with Crippen LogP contribution in [0.1, 0.15) is 17.4 Å². The minimum atomic E-state index is -1.20. The zero-order valence-electron chi connectivity index (χ0n) is 13.6. The Bertz CT molecular complexity index is 938. The van der Waals surface area contributed by atoms with Gasteiger partial charge in [0.25, 0.3) is 5.91 Å². The molecular formula is C17H13ClN4O3S. The van der Waals surface area contributed by atoms with Gasteiger partial charge in [0.15, 0.2) is 5.54 Å². The Labute approximate surface area is 158 Å². The summed E-state index contributed by atoms with van der Waals surface area (Å²) in [5.74, 6) is -1.12. The van der Waals surface area contributed by atoms with E-state index in [-0.39, 0.29) is 11.3 Å². The summed E-state index contributed by atoms with van der Waals surface area (Å²) in [5.41, 5.74) is -0.749. The van der Waals surface area contributed by atoms with Crippen LogP contribution in [0.15, 0.2) is 35.7 Å². The van der Waals surface area contributed by atoms with E-state index in [1.54, 1.807) is 24.4 Å². The fourth-order valence-corrected chi connectivity index (χ4v) is 3.63. The Hall–Kier alpha value is -2.89. The van der Waals surface area contributed by atoms with Crippen LogP contribution in [0.25, 0.3) is 0 Å². The molecule has 0 aliphatic carbocycles. The molecule has 1 fully saturated rings. The minimum absolute atomic E-state index is 0.220. The number of nitrogens with zero attached hydrogens (tertiary/aromatic N) is 2. The van der Waals surface area contributed by atoms with Gasteiger partial charge >= 0.3 is 6.03 Å². The van der Waals surface area contributed by atoms with E-state index in [0.717, 1.165) is 4.90 Å². The average Bonchev–Trinajstić information content (AvgIpc) is 3.20. The van der Waals surface area contributed by atoms with Gasteiger partial charge in [-0.3, -0.25) is 14.5 Å². The predicted molar refractivity (Wildman–Crippen MR) is 96.7 cm³/mol. The Morgan fingerprint density at radius 3 is 2.85 bits per heavy atom. The summed E-state index contributed by atoms with van der Waals surface area (Å²) >= 11 is 7.22. The lowest BCUT2D eigenvalue weighted by Crippen LogP contribution is -2.41. The molecule has 1 unspecified atom stereocenters. The number of hydrogen-bond acceptors (Lipinski definition) is 5. The second-order valence-electron chi connectivity index (χ2n) is 5.77. The molecule has 132 valence electrons. The molecule has 2 N–H and O–H groups in total. The van der Waals surface area contributed by atoms with Crippen LogP contribution in [0, 0.1) is 11.3 Å². The number of halogens is 1. The number of anilines is 1. The third-order valence-corrected chi connectivity index (χ3v) is 5.29. The summed E-state index contributed by atoms with van der Waals surface area (Å²) in [4.78, 5) is 38.7. The lowest BCUT2D eigenvalue weighted by atomic mass is 10.0. The molecule has 1 aliphatic rings. The summed E-state index contributed by atoms with van der Waals surface area (Å²) in [7, 11) is 0. The first-order chi connectivity index (χ1) is 12.3. The van der Waals surface area contributed by atoms with E-state index in [1.807, 2.05) is 6.07 Å². The predicted octanol–water partition coefficient (Wildman–Crippen LogP) is 2.68. The normalized spacial score (nSPS) is 19.2. The first-order valence-corrected chi connectivity index (χ1v) is 8.78. The van der Waals surface area contributed by atoms with Crippen molar-refractivity contribution >= 4 is 46.5 Å². The summed E-state index contributed by atoms with van der Waals surface area (Å²) in [6, 6.07) is 9.25. The number of thiophene rings is 1. The van der Waals surface area contributed by atoms with Crippen LogP contribution in [0.4, 0.5) is 10.5 Å². The van der Waals surface area contributed by atoms with Crippen LogP contribution in [-0.4, -0.2) is 29.3 Å². The molecule has 2 aromatic rings. The van der Waals surface area contributed by atoms with Crippen LogP contribution in [0.5, 0.6) is 0 Å². The molecule has 0 spiro atoms. The number of carbonyl (C=O) groups excluding carboxylic acids is 3. The molecule has 0 saturated carbocycles. The molecule has 1 saturated heterocycles. The molecule has 4 amide bonds. The lowest BCUT2D eigenvalue weighted by Gasteiger charge is -2.20. The zero-order chi connectivity index (χ0) is 18.9. The standard InChI is InChI=1S/C17H13ClN4O3S/c1-17(13-3-2-6-26-13)15(24)22(16(25)21-17)9-14(23)20-12-7-11(18)5-4-10(12)8-19/h2-7H,9H2,1H3,(H,20,23)(H,21,25). The van der Waals surface area contributed by atoms with Crippen molar-refractivity contribution in [3.05, 3.63) is 51.2 Å². The highest BCUT2D eigenvalue weighted by atomic mass is 35.5. The van der Waals surface area contributed by atoms with Crippen LogP contribution >= 0.6 is 22.9 Å². The van der Waals surface area contributed by atoms with Crippen LogP contribution in [0.3, 0.4) is 0 Å². The lowest BCUT2D eigenvalue weighted by molar-refractivity contribution is -0.133. The van der Waals surface area contributed by atoms with E-state index in [0.29, 0.717) is 9.90 Å². The average molecular weight is 389 g/mol. The summed E-state index contributed by atoms with van der Waals surface area (Å²) < 4.78 is 0. The third-order valence-electron chi connectivity index (χ3n) is 3.97. The molecule has 3 rings (SSSR count). The first-order valence-electron chi connectivity index (χ1n) is 7.53. The quantitative estimate of drug-likeness (QED) is 0.786. The van der Waals surface area contributed by atoms with Crippen molar-refractivity contribution < 1.29 is 14.4 Å². The van der Waals surface area contributed by atoms with Gasteiger partial charge in [-0.15, -0.1) is 11.3 Å². The van der Waals surface area contributed by atoms with Crippen LogP contribution < -0.4 is 10.6 Å². The summed E-state index contributed by atoms with van der Waals surface area (Å²) in [6.07, 6.45) is 0. The van der Waals surface area contributed by atoms with E-state index < -0.39 is 29.9 Å². The highest BCUT2D eigenvalue weighted by Crippen LogP contribution is 2.31. The highest BCUT2D eigenvalue weighted by molar-refractivity contribution is 7.10. The van der Waals surface area contributed by atoms with Crippen LogP contribution in [0.2, 0.25) is 5.02 Å². The number of hydrogen-bond donors (Lipinski definition) is 2. The second-order valence-corrected chi connectivity index (χ2v) is 7.16. The summed E-state index contributed by atoms with van der Waals surface area (Å²) in [5, 5.41) is 16.4. The van der Waals surface area contributed by atoms with Crippen molar-refractivity contribution in [2.45, 2.75) is 12.5 Å². The van der Waals surface area contributed by atoms with E-state index in [9.17, 15) is 14.4 Å². The molecule has 9 heteroatoms. The van der Waals surface area contributed by atoms with Gasteiger partial charge in [0.2, 0.25) is 5.91 Å². The number of carbonyl (C=O) groups is 3. The van der Waals surface area contributed by atoms with Crippen molar-refractivity contribution in [2.75, 3.05) is 11.9 Å². The van der Waals surface area contributed by atoms with Crippen molar-refractivity contribution in [1.82, 2.24) is 10.2 Å². The number of rotatable bonds is 4. The fourth-order valence-electron chi connectivity index (χ4n) is 2.62. The molecule has 26 heavy (non-hydrogen) atoms. The van der Waals surface area contributed by atoms with Crippen molar-refractivity contribution in [3.8, 4) is 6.07 Å². The number of benzene rings is 1. The maximum Gasteiger partial charge on any atom is 0.325 e. The van der Waals surface area contributed by atoms with Gasteiger partial charge in [0.05, 0.1) is 11.3 Å². The molecule has 1 aromatic heterocycles. The molecule has 1 atom stereocenters. The number of imide groups is 1. The highest BCUT2D eigenvalue weighted by Gasteiger charge is 2.50. The Kier molecular flexibility index (Phi) is 4.68. The maximum atomic E-state index is 12.7. The largest absolute Gasteiger partial charge is 0.325 e. The van der Waals surface area contributed by atoms with E-state index in [4.69, 9.17) is 16.9 Å². The number of nitrogens with one attached hydrogen (secondary N) is 2. The number of urea groups is 1. The Morgan fingerprint density at radius 2 is 2.19 bits per heavy atom. The molecule has 0 bridgehead atoms. The van der Waals surface area contributed by atoms with E-state index in [1.165, 1.54) is 29.5 Å². The Balaban J connectivity index is 1.76. The number of amides is 4. The number of nitriles is 1. The van der Waals surface area contributed by atoms with E-state index >= 15 is 0 Å². The van der Waals surface area contributed by atoms with Crippen LogP contribution in [-0.2, 0) is 15.1 Å². The first kappa shape index (κ1) is 17.9.